The van der Waals surface area contributed by atoms with Crippen LogP contribution in [-0.4, -0.2) is 5.11 Å². The van der Waals surface area contributed by atoms with Crippen molar-refractivity contribution in [2.45, 2.75) is 6.18 Å². The Hall–Kier alpha value is -1.40. The van der Waals surface area contributed by atoms with Gasteiger partial charge in [0, 0.05) is 0 Å². The van der Waals surface area contributed by atoms with E-state index in [0.29, 0.717) is 0 Å². The molecular formula is C7H2F6O. The maximum atomic E-state index is 12.6. The van der Waals surface area contributed by atoms with Crippen LogP contribution in [0.5, 0.6) is 5.75 Å². The van der Waals surface area contributed by atoms with Crippen LogP contribution in [0.3, 0.4) is 0 Å². The smallest absolute Gasteiger partial charge is 0.419 e. The van der Waals surface area contributed by atoms with Gasteiger partial charge in [0.15, 0.2) is 17.4 Å². The lowest BCUT2D eigenvalue weighted by molar-refractivity contribution is -0.140. The third-order valence-corrected chi connectivity index (χ3v) is 1.44. The van der Waals surface area contributed by atoms with E-state index in [-0.39, 0.29) is 6.07 Å². The van der Waals surface area contributed by atoms with Gasteiger partial charge in [-0.15, -0.1) is 0 Å². The van der Waals surface area contributed by atoms with Gasteiger partial charge < -0.3 is 5.11 Å². The fourth-order valence-electron chi connectivity index (χ4n) is 0.797. The molecule has 0 heterocycles. The van der Waals surface area contributed by atoms with Crippen molar-refractivity contribution in [3.8, 4) is 5.75 Å². The van der Waals surface area contributed by atoms with Gasteiger partial charge in [0.05, 0.1) is 5.56 Å². The van der Waals surface area contributed by atoms with Crippen LogP contribution in [0.25, 0.3) is 0 Å². The SMILES string of the molecule is Oc1c(F)c(F)cc(C(F)(F)F)c1F. The number of phenols is 1. The summed E-state index contributed by atoms with van der Waals surface area (Å²) in [6, 6.07) is -0.357. The van der Waals surface area contributed by atoms with Crippen LogP contribution in [-0.2, 0) is 6.18 Å². The molecule has 0 fully saturated rings. The molecule has 0 aliphatic carbocycles. The molecule has 0 atom stereocenters. The zero-order valence-electron chi connectivity index (χ0n) is 6.29. The zero-order valence-corrected chi connectivity index (χ0v) is 6.29. The van der Waals surface area contributed by atoms with E-state index in [1.807, 2.05) is 0 Å². The summed E-state index contributed by atoms with van der Waals surface area (Å²) >= 11 is 0. The van der Waals surface area contributed by atoms with Gasteiger partial charge in [-0.3, -0.25) is 0 Å². The van der Waals surface area contributed by atoms with Crippen LogP contribution in [0.4, 0.5) is 26.3 Å². The maximum Gasteiger partial charge on any atom is 0.419 e. The van der Waals surface area contributed by atoms with E-state index in [0.717, 1.165) is 0 Å². The minimum Gasteiger partial charge on any atom is -0.503 e. The molecule has 1 nitrogen and oxygen atoms in total. The van der Waals surface area contributed by atoms with Gasteiger partial charge in [-0.2, -0.15) is 17.6 Å². The number of phenolic OH excluding ortho intramolecular Hbond substituents is 1. The molecule has 1 rings (SSSR count). The van der Waals surface area contributed by atoms with Crippen molar-refractivity contribution < 1.29 is 31.4 Å². The average Bonchev–Trinajstić information content (AvgIpc) is 2.06. The van der Waals surface area contributed by atoms with Gasteiger partial charge in [-0.25, -0.2) is 8.78 Å². The number of rotatable bonds is 0. The first-order chi connectivity index (χ1) is 6.25. The third-order valence-electron chi connectivity index (χ3n) is 1.44. The summed E-state index contributed by atoms with van der Waals surface area (Å²) in [5.41, 5.74) is -2.05. The summed E-state index contributed by atoms with van der Waals surface area (Å²) in [5.74, 6) is -8.21. The number of alkyl halides is 3. The molecule has 0 aromatic heterocycles. The van der Waals surface area contributed by atoms with Gasteiger partial charge in [0.2, 0.25) is 5.82 Å². The lowest BCUT2D eigenvalue weighted by Crippen LogP contribution is -2.10. The first-order valence-corrected chi connectivity index (χ1v) is 3.18. The number of halogens is 6. The standard InChI is InChI=1S/C7H2F6O/c8-3-1-2(7(11,12)13)4(9)6(14)5(3)10/h1,14H. The fraction of sp³-hybridized carbons (Fsp3) is 0.143. The molecule has 0 spiro atoms. The molecule has 0 bridgehead atoms. The van der Waals surface area contributed by atoms with Crippen LogP contribution < -0.4 is 0 Å². The van der Waals surface area contributed by atoms with Crippen molar-refractivity contribution in [1.82, 2.24) is 0 Å². The molecule has 0 amide bonds. The van der Waals surface area contributed by atoms with Crippen molar-refractivity contribution >= 4 is 0 Å². The Labute approximate surface area is 73.6 Å². The Morgan fingerprint density at radius 3 is 1.93 bits per heavy atom. The molecule has 1 aromatic rings. The second-order valence-corrected chi connectivity index (χ2v) is 2.38. The van der Waals surface area contributed by atoms with Gasteiger partial charge in [-0.1, -0.05) is 0 Å². The number of hydrogen-bond donors (Lipinski definition) is 1. The van der Waals surface area contributed by atoms with E-state index in [1.165, 1.54) is 0 Å². The molecule has 0 aliphatic rings. The summed E-state index contributed by atoms with van der Waals surface area (Å²) in [6.07, 6.45) is -5.18. The van der Waals surface area contributed by atoms with Crippen LogP contribution >= 0.6 is 0 Å². The van der Waals surface area contributed by atoms with E-state index in [2.05, 4.69) is 0 Å². The highest BCUT2D eigenvalue weighted by molar-refractivity contribution is 5.34. The molecule has 14 heavy (non-hydrogen) atoms. The van der Waals surface area contributed by atoms with Crippen molar-refractivity contribution in [2.75, 3.05) is 0 Å². The van der Waals surface area contributed by atoms with Crippen molar-refractivity contribution in [3.05, 3.63) is 29.1 Å². The first-order valence-electron chi connectivity index (χ1n) is 3.18. The van der Waals surface area contributed by atoms with Crippen molar-refractivity contribution in [1.29, 1.82) is 0 Å². The lowest BCUT2D eigenvalue weighted by atomic mass is 10.2. The second-order valence-electron chi connectivity index (χ2n) is 2.38. The largest absolute Gasteiger partial charge is 0.503 e. The van der Waals surface area contributed by atoms with E-state index in [9.17, 15) is 26.3 Å². The second kappa shape index (κ2) is 3.07. The number of hydrogen-bond acceptors (Lipinski definition) is 1. The normalized spacial score (nSPS) is 11.9. The predicted octanol–water partition coefficient (Wildman–Crippen LogP) is 2.83. The van der Waals surface area contributed by atoms with Crippen LogP contribution in [0, 0.1) is 17.5 Å². The minimum absolute atomic E-state index is 0.357. The lowest BCUT2D eigenvalue weighted by Gasteiger charge is -2.09. The molecule has 0 unspecified atom stereocenters. The molecule has 7 heteroatoms. The molecule has 78 valence electrons. The van der Waals surface area contributed by atoms with Crippen LogP contribution in [0.2, 0.25) is 0 Å². The van der Waals surface area contributed by atoms with E-state index >= 15 is 0 Å². The molecule has 0 radical (unpaired) electrons. The highest BCUT2D eigenvalue weighted by Gasteiger charge is 2.37. The molecule has 1 aromatic carbocycles. The Morgan fingerprint density at radius 2 is 1.50 bits per heavy atom. The topological polar surface area (TPSA) is 20.2 Å². The summed E-state index contributed by atoms with van der Waals surface area (Å²) < 4.78 is 72.9. The van der Waals surface area contributed by atoms with E-state index in [4.69, 9.17) is 5.11 Å². The fourth-order valence-corrected chi connectivity index (χ4v) is 0.797. The third kappa shape index (κ3) is 1.61. The Balaban J connectivity index is 3.49. The molecular weight excluding hydrogens is 214 g/mol. The Bertz CT molecular complexity index is 369. The van der Waals surface area contributed by atoms with Crippen LogP contribution in [0.15, 0.2) is 6.07 Å². The monoisotopic (exact) mass is 216 g/mol. The summed E-state index contributed by atoms with van der Waals surface area (Å²) in [5, 5.41) is 8.44. The predicted molar refractivity (Wildman–Crippen MR) is 33.0 cm³/mol. The number of benzene rings is 1. The first kappa shape index (κ1) is 10.7. The molecule has 1 N–H and O–H groups in total. The molecule has 0 saturated carbocycles. The number of aromatic hydroxyl groups is 1. The minimum atomic E-state index is -5.18. The maximum absolute atomic E-state index is 12.6. The van der Waals surface area contributed by atoms with Gasteiger partial charge in [0.1, 0.15) is 0 Å². The highest BCUT2D eigenvalue weighted by atomic mass is 19.4. The zero-order chi connectivity index (χ0) is 11.1. The quantitative estimate of drug-likeness (QED) is 0.522. The highest BCUT2D eigenvalue weighted by Crippen LogP contribution is 2.36. The summed E-state index contributed by atoms with van der Waals surface area (Å²) in [7, 11) is 0. The van der Waals surface area contributed by atoms with E-state index in [1.54, 1.807) is 0 Å². The van der Waals surface area contributed by atoms with Crippen molar-refractivity contribution in [3.63, 3.8) is 0 Å². The summed E-state index contributed by atoms with van der Waals surface area (Å²) in [6.45, 7) is 0. The van der Waals surface area contributed by atoms with Gasteiger partial charge in [-0.05, 0) is 6.07 Å². The van der Waals surface area contributed by atoms with Crippen LogP contribution in [0.1, 0.15) is 5.56 Å². The molecule has 0 saturated heterocycles. The molecule has 0 aliphatic heterocycles. The van der Waals surface area contributed by atoms with Crippen molar-refractivity contribution in [2.24, 2.45) is 0 Å². The Morgan fingerprint density at radius 1 is 1.00 bits per heavy atom. The average molecular weight is 216 g/mol. The Kier molecular flexibility index (Phi) is 2.34. The van der Waals surface area contributed by atoms with E-state index < -0.39 is 34.9 Å². The van der Waals surface area contributed by atoms with Gasteiger partial charge >= 0.3 is 6.18 Å². The summed E-state index contributed by atoms with van der Waals surface area (Å²) in [4.78, 5) is 0. The van der Waals surface area contributed by atoms with Gasteiger partial charge in [0.25, 0.3) is 0 Å².